The van der Waals surface area contributed by atoms with Crippen molar-refractivity contribution in [2.75, 3.05) is 17.7 Å². The van der Waals surface area contributed by atoms with E-state index in [2.05, 4.69) is 10.6 Å². The van der Waals surface area contributed by atoms with E-state index in [-0.39, 0.29) is 0 Å². The van der Waals surface area contributed by atoms with Gasteiger partial charge in [0.25, 0.3) is 17.4 Å². The Morgan fingerprint density at radius 1 is 1.25 bits per heavy atom. The lowest BCUT2D eigenvalue weighted by atomic mass is 10.0. The lowest BCUT2D eigenvalue weighted by Gasteiger charge is -2.33. The number of methoxy groups -OCH3 is 1. The fourth-order valence-corrected chi connectivity index (χ4v) is 2.47. The Hall–Kier alpha value is -2.86. The number of carbonyl (C=O) groups excluding carboxylic acids is 2. The highest BCUT2D eigenvalue weighted by Gasteiger charge is 2.47. The Bertz CT molecular complexity index is 790. The first kappa shape index (κ1) is 16.0. The van der Waals surface area contributed by atoms with Crippen molar-refractivity contribution in [3.05, 3.63) is 54.1 Å². The van der Waals surface area contributed by atoms with Gasteiger partial charge in [-0.1, -0.05) is 24.3 Å². The number of anilines is 2. The standard InChI is InChI=1S/C18H18N2O4/c1-18(17(22)20-14-8-3-4-9-15(14)24-18)16(21)19-13-7-5-6-12(10-13)11-23-2/h3-10H,11H2,1-2H3,(H,19,21)(H,20,22). The van der Waals surface area contributed by atoms with E-state index in [0.29, 0.717) is 23.7 Å². The molecule has 0 bridgehead atoms. The van der Waals surface area contributed by atoms with E-state index >= 15 is 0 Å². The molecule has 2 N–H and O–H groups in total. The van der Waals surface area contributed by atoms with Crippen molar-refractivity contribution in [3.63, 3.8) is 0 Å². The molecule has 2 amide bonds. The molecule has 2 aromatic carbocycles. The number of fused-ring (bicyclic) bond motifs is 1. The van der Waals surface area contributed by atoms with Gasteiger partial charge in [-0.25, -0.2) is 0 Å². The second kappa shape index (κ2) is 6.33. The summed E-state index contributed by atoms with van der Waals surface area (Å²) in [5.74, 6) is -0.585. The van der Waals surface area contributed by atoms with E-state index in [1.807, 2.05) is 12.1 Å². The van der Waals surface area contributed by atoms with Crippen molar-refractivity contribution in [2.45, 2.75) is 19.1 Å². The van der Waals surface area contributed by atoms with E-state index in [1.165, 1.54) is 6.92 Å². The zero-order valence-corrected chi connectivity index (χ0v) is 13.5. The minimum absolute atomic E-state index is 0.436. The number of benzene rings is 2. The van der Waals surface area contributed by atoms with Crippen LogP contribution in [0.4, 0.5) is 11.4 Å². The lowest BCUT2D eigenvalue weighted by Crippen LogP contribution is -2.56. The van der Waals surface area contributed by atoms with Gasteiger partial charge in [-0.15, -0.1) is 0 Å². The smallest absolute Gasteiger partial charge is 0.278 e. The largest absolute Gasteiger partial charge is 0.466 e. The van der Waals surface area contributed by atoms with Gasteiger partial charge in [0.2, 0.25) is 0 Å². The van der Waals surface area contributed by atoms with Crippen molar-refractivity contribution in [1.82, 2.24) is 0 Å². The molecular formula is C18H18N2O4. The van der Waals surface area contributed by atoms with Crippen molar-refractivity contribution in [2.24, 2.45) is 0 Å². The van der Waals surface area contributed by atoms with E-state index < -0.39 is 17.4 Å². The fraction of sp³-hybridized carbons (Fsp3) is 0.222. The van der Waals surface area contributed by atoms with Crippen LogP contribution < -0.4 is 15.4 Å². The van der Waals surface area contributed by atoms with Crippen LogP contribution in [0.1, 0.15) is 12.5 Å². The van der Waals surface area contributed by atoms with Crippen LogP contribution in [0.3, 0.4) is 0 Å². The van der Waals surface area contributed by atoms with Crippen LogP contribution in [0.25, 0.3) is 0 Å². The molecule has 24 heavy (non-hydrogen) atoms. The maximum atomic E-state index is 12.7. The predicted molar refractivity (Wildman–Crippen MR) is 89.9 cm³/mol. The van der Waals surface area contributed by atoms with Crippen molar-refractivity contribution < 1.29 is 19.1 Å². The van der Waals surface area contributed by atoms with Crippen LogP contribution in [0.15, 0.2) is 48.5 Å². The highest BCUT2D eigenvalue weighted by atomic mass is 16.5. The van der Waals surface area contributed by atoms with Crippen molar-refractivity contribution >= 4 is 23.2 Å². The Balaban J connectivity index is 1.81. The molecule has 6 nitrogen and oxygen atoms in total. The maximum absolute atomic E-state index is 12.7. The first-order valence-electron chi connectivity index (χ1n) is 7.52. The molecule has 1 unspecified atom stereocenters. The van der Waals surface area contributed by atoms with Gasteiger partial charge in [0.05, 0.1) is 12.3 Å². The van der Waals surface area contributed by atoms with Crippen LogP contribution in [0.2, 0.25) is 0 Å². The Labute approximate surface area is 139 Å². The summed E-state index contributed by atoms with van der Waals surface area (Å²) in [5, 5.41) is 5.44. The maximum Gasteiger partial charge on any atom is 0.278 e. The quantitative estimate of drug-likeness (QED) is 0.847. The summed E-state index contributed by atoms with van der Waals surface area (Å²) in [7, 11) is 1.60. The SMILES string of the molecule is COCc1cccc(NC(=O)C2(C)Oc3ccccc3NC2=O)c1. The second-order valence-corrected chi connectivity index (χ2v) is 5.67. The van der Waals surface area contributed by atoms with Crippen LogP contribution in [0.5, 0.6) is 5.75 Å². The zero-order valence-electron chi connectivity index (χ0n) is 13.5. The molecule has 0 spiro atoms. The molecule has 124 valence electrons. The Kier molecular flexibility index (Phi) is 4.22. The first-order chi connectivity index (χ1) is 11.5. The van der Waals surface area contributed by atoms with Crippen molar-refractivity contribution in [1.29, 1.82) is 0 Å². The molecule has 1 aliphatic heterocycles. The molecule has 0 aromatic heterocycles. The normalized spacial score (nSPS) is 19.0. The lowest BCUT2D eigenvalue weighted by molar-refractivity contribution is -0.143. The number of hydrogen-bond acceptors (Lipinski definition) is 4. The number of amides is 2. The molecule has 1 aliphatic rings. The van der Waals surface area contributed by atoms with Gasteiger partial charge in [0, 0.05) is 12.8 Å². The van der Waals surface area contributed by atoms with E-state index in [1.54, 1.807) is 43.5 Å². The summed E-state index contributed by atoms with van der Waals surface area (Å²) < 4.78 is 10.8. The van der Waals surface area contributed by atoms with Gasteiger partial charge in [-0.2, -0.15) is 0 Å². The van der Waals surface area contributed by atoms with Gasteiger partial charge >= 0.3 is 0 Å². The topological polar surface area (TPSA) is 76.7 Å². The number of para-hydroxylation sites is 2. The molecule has 0 fully saturated rings. The highest BCUT2D eigenvalue weighted by Crippen LogP contribution is 2.33. The first-order valence-corrected chi connectivity index (χ1v) is 7.52. The predicted octanol–water partition coefficient (Wildman–Crippen LogP) is 2.56. The summed E-state index contributed by atoms with van der Waals surface area (Å²) in [6, 6.07) is 14.2. The highest BCUT2D eigenvalue weighted by molar-refractivity contribution is 6.19. The molecule has 1 atom stereocenters. The molecule has 0 radical (unpaired) electrons. The van der Waals surface area contributed by atoms with Crippen LogP contribution >= 0.6 is 0 Å². The number of hydrogen-bond donors (Lipinski definition) is 2. The molecule has 0 aliphatic carbocycles. The van der Waals surface area contributed by atoms with Gasteiger partial charge in [0.15, 0.2) is 0 Å². The van der Waals surface area contributed by atoms with Gasteiger partial charge in [-0.3, -0.25) is 9.59 Å². The second-order valence-electron chi connectivity index (χ2n) is 5.67. The fourth-order valence-electron chi connectivity index (χ4n) is 2.47. The summed E-state index contributed by atoms with van der Waals surface area (Å²) >= 11 is 0. The summed E-state index contributed by atoms with van der Waals surface area (Å²) in [5.41, 5.74) is 0.395. The van der Waals surface area contributed by atoms with Crippen LogP contribution in [-0.2, 0) is 20.9 Å². The van der Waals surface area contributed by atoms with Gasteiger partial charge < -0.3 is 20.1 Å². The number of carbonyl (C=O) groups is 2. The number of nitrogens with one attached hydrogen (secondary N) is 2. The van der Waals surface area contributed by atoms with Gasteiger partial charge in [0.1, 0.15) is 5.75 Å². The monoisotopic (exact) mass is 326 g/mol. The molecule has 0 saturated carbocycles. The summed E-state index contributed by atoms with van der Waals surface area (Å²) in [6.45, 7) is 1.89. The molecule has 1 heterocycles. The number of rotatable bonds is 4. The third-order valence-electron chi connectivity index (χ3n) is 3.81. The Morgan fingerprint density at radius 2 is 2.04 bits per heavy atom. The average molecular weight is 326 g/mol. The van der Waals surface area contributed by atoms with Gasteiger partial charge in [-0.05, 0) is 36.8 Å². The third kappa shape index (κ3) is 2.96. The van der Waals surface area contributed by atoms with E-state index in [0.717, 1.165) is 5.56 Å². The molecule has 0 saturated heterocycles. The third-order valence-corrected chi connectivity index (χ3v) is 3.81. The minimum Gasteiger partial charge on any atom is -0.466 e. The Morgan fingerprint density at radius 3 is 2.83 bits per heavy atom. The van der Waals surface area contributed by atoms with Crippen LogP contribution in [0, 0.1) is 0 Å². The minimum atomic E-state index is -1.65. The molecule has 3 rings (SSSR count). The van der Waals surface area contributed by atoms with E-state index in [4.69, 9.17) is 9.47 Å². The average Bonchev–Trinajstić information content (AvgIpc) is 2.56. The molecule has 6 heteroatoms. The van der Waals surface area contributed by atoms with Crippen LogP contribution in [-0.4, -0.2) is 24.5 Å². The zero-order chi connectivity index (χ0) is 17.2. The summed E-state index contributed by atoms with van der Waals surface area (Å²) in [6.07, 6.45) is 0. The van der Waals surface area contributed by atoms with E-state index in [9.17, 15) is 9.59 Å². The number of ether oxygens (including phenoxy) is 2. The summed E-state index contributed by atoms with van der Waals surface area (Å²) in [4.78, 5) is 25.0. The van der Waals surface area contributed by atoms with Crippen molar-refractivity contribution in [3.8, 4) is 5.75 Å². The molecule has 2 aromatic rings. The molecular weight excluding hydrogens is 308 g/mol.